The first-order valence-corrected chi connectivity index (χ1v) is 9.07. The lowest BCUT2D eigenvalue weighted by atomic mass is 10.2. The van der Waals surface area contributed by atoms with E-state index in [1.807, 2.05) is 0 Å². The minimum Gasteiger partial charge on any atom is -0.347 e. The largest absolute Gasteiger partial charge is 0.351 e. The highest BCUT2D eigenvalue weighted by molar-refractivity contribution is 5.92. The normalized spacial score (nSPS) is 10.9. The van der Waals surface area contributed by atoms with Gasteiger partial charge in [0.1, 0.15) is 17.8 Å². The lowest BCUT2D eigenvalue weighted by Gasteiger charge is -2.04. The van der Waals surface area contributed by atoms with E-state index in [1.54, 1.807) is 12.1 Å². The number of carbonyl (C=O) groups is 1. The van der Waals surface area contributed by atoms with Crippen LogP contribution in [0.4, 0.5) is 13.2 Å². The van der Waals surface area contributed by atoms with Crippen molar-refractivity contribution >= 4 is 5.91 Å². The van der Waals surface area contributed by atoms with Crippen LogP contribution in [0.1, 0.15) is 21.6 Å². The van der Waals surface area contributed by atoms with Crippen LogP contribution in [0.15, 0.2) is 59.7 Å². The maximum atomic E-state index is 13.3. The molecular formula is C20H15F3N6O2. The van der Waals surface area contributed by atoms with E-state index >= 15 is 0 Å². The number of nitrogens with one attached hydrogen (secondary N) is 2. The molecule has 0 aliphatic heterocycles. The molecule has 8 nitrogen and oxygen atoms in total. The van der Waals surface area contributed by atoms with Crippen molar-refractivity contribution in [2.45, 2.75) is 13.1 Å². The SMILES string of the molecule is O=C(NCc1ccc(F)c(F)c1)c1cc(-n2cnn(Cc3ccc(F)cc3)c2=O)n[nH]1. The van der Waals surface area contributed by atoms with Crippen LogP contribution in [-0.2, 0) is 13.1 Å². The zero-order valence-electron chi connectivity index (χ0n) is 15.8. The molecule has 2 heterocycles. The summed E-state index contributed by atoms with van der Waals surface area (Å²) in [5.74, 6) is -2.76. The van der Waals surface area contributed by atoms with E-state index in [-0.39, 0.29) is 30.4 Å². The molecule has 0 bridgehead atoms. The fourth-order valence-corrected chi connectivity index (χ4v) is 2.84. The van der Waals surface area contributed by atoms with Crippen molar-refractivity contribution in [3.05, 3.63) is 99.6 Å². The standard InChI is InChI=1S/C20H15F3N6O2/c21-14-4-1-12(2-5-14)10-29-20(31)28(11-25-29)18-8-17(26-27-18)19(30)24-9-13-3-6-15(22)16(23)7-13/h1-8,11H,9-10H2,(H,24,30)(H,26,27). The summed E-state index contributed by atoms with van der Waals surface area (Å²) >= 11 is 0. The van der Waals surface area contributed by atoms with E-state index < -0.39 is 23.2 Å². The molecule has 158 valence electrons. The summed E-state index contributed by atoms with van der Waals surface area (Å²) in [7, 11) is 0. The molecule has 0 spiro atoms. The molecule has 2 N–H and O–H groups in total. The van der Waals surface area contributed by atoms with Crippen molar-refractivity contribution in [2.75, 3.05) is 0 Å². The molecule has 0 saturated carbocycles. The van der Waals surface area contributed by atoms with Crippen LogP contribution in [-0.4, -0.2) is 30.5 Å². The topological polar surface area (TPSA) is 97.6 Å². The van der Waals surface area contributed by atoms with Crippen molar-refractivity contribution in [2.24, 2.45) is 0 Å². The summed E-state index contributed by atoms with van der Waals surface area (Å²) in [5, 5.41) is 13.0. The van der Waals surface area contributed by atoms with Gasteiger partial charge in [0.25, 0.3) is 5.91 Å². The van der Waals surface area contributed by atoms with E-state index in [0.717, 1.165) is 16.7 Å². The minimum absolute atomic E-state index is 0.0278. The fraction of sp³-hybridized carbons (Fsp3) is 0.100. The first-order chi connectivity index (χ1) is 14.9. The van der Waals surface area contributed by atoms with Crippen molar-refractivity contribution in [3.63, 3.8) is 0 Å². The van der Waals surface area contributed by atoms with Crippen LogP contribution in [0.5, 0.6) is 0 Å². The van der Waals surface area contributed by atoms with Gasteiger partial charge in [-0.15, -0.1) is 0 Å². The Morgan fingerprint density at radius 2 is 1.74 bits per heavy atom. The summed E-state index contributed by atoms with van der Waals surface area (Å²) < 4.78 is 41.6. The molecule has 1 amide bonds. The van der Waals surface area contributed by atoms with Gasteiger partial charge in [-0.2, -0.15) is 10.2 Å². The average molecular weight is 428 g/mol. The maximum Gasteiger partial charge on any atom is 0.351 e. The Labute approximate surface area is 173 Å². The highest BCUT2D eigenvalue weighted by atomic mass is 19.2. The first kappa shape index (κ1) is 20.1. The number of hydrogen-bond acceptors (Lipinski definition) is 4. The predicted molar refractivity (Wildman–Crippen MR) is 103 cm³/mol. The third kappa shape index (κ3) is 4.39. The van der Waals surface area contributed by atoms with Gasteiger partial charge in [-0.25, -0.2) is 27.2 Å². The zero-order chi connectivity index (χ0) is 22.0. The summed E-state index contributed by atoms with van der Waals surface area (Å²) in [6.45, 7) is 0.109. The summed E-state index contributed by atoms with van der Waals surface area (Å²) in [6, 6.07) is 10.3. The molecule has 0 radical (unpaired) electrons. The van der Waals surface area contributed by atoms with E-state index in [1.165, 1.54) is 35.3 Å². The number of carbonyl (C=O) groups excluding carboxylic acids is 1. The second-order valence-electron chi connectivity index (χ2n) is 6.64. The van der Waals surface area contributed by atoms with Crippen molar-refractivity contribution in [1.29, 1.82) is 0 Å². The first-order valence-electron chi connectivity index (χ1n) is 9.07. The van der Waals surface area contributed by atoms with Crippen LogP contribution >= 0.6 is 0 Å². The molecule has 0 atom stereocenters. The Morgan fingerprint density at radius 3 is 2.48 bits per heavy atom. The van der Waals surface area contributed by atoms with Gasteiger partial charge in [0.15, 0.2) is 17.5 Å². The number of benzene rings is 2. The van der Waals surface area contributed by atoms with Crippen LogP contribution in [0.3, 0.4) is 0 Å². The second-order valence-corrected chi connectivity index (χ2v) is 6.64. The summed E-state index contributed by atoms with van der Waals surface area (Å²) in [5.41, 5.74) is 0.638. The van der Waals surface area contributed by atoms with Gasteiger partial charge < -0.3 is 5.32 Å². The molecule has 0 unspecified atom stereocenters. The molecule has 2 aromatic carbocycles. The van der Waals surface area contributed by atoms with Gasteiger partial charge in [0.05, 0.1) is 6.54 Å². The molecule has 11 heteroatoms. The molecule has 0 fully saturated rings. The Hall–Kier alpha value is -4.15. The molecular weight excluding hydrogens is 413 g/mol. The van der Waals surface area contributed by atoms with Crippen molar-refractivity contribution in [3.8, 4) is 5.82 Å². The van der Waals surface area contributed by atoms with Crippen LogP contribution in [0.2, 0.25) is 0 Å². The highest BCUT2D eigenvalue weighted by Gasteiger charge is 2.14. The van der Waals surface area contributed by atoms with E-state index in [0.29, 0.717) is 11.1 Å². The number of nitrogens with zero attached hydrogens (tertiary/aromatic N) is 4. The van der Waals surface area contributed by atoms with Crippen LogP contribution in [0.25, 0.3) is 5.82 Å². The molecule has 0 saturated heterocycles. The smallest absolute Gasteiger partial charge is 0.347 e. The minimum atomic E-state index is -1.01. The summed E-state index contributed by atoms with van der Waals surface area (Å²) in [4.78, 5) is 24.8. The Morgan fingerprint density at radius 1 is 1.00 bits per heavy atom. The summed E-state index contributed by atoms with van der Waals surface area (Å²) in [6.07, 6.45) is 1.25. The monoisotopic (exact) mass is 428 g/mol. The van der Waals surface area contributed by atoms with Gasteiger partial charge in [0.2, 0.25) is 0 Å². The van der Waals surface area contributed by atoms with E-state index in [2.05, 4.69) is 20.6 Å². The van der Waals surface area contributed by atoms with Gasteiger partial charge in [-0.05, 0) is 35.4 Å². The molecule has 2 aromatic heterocycles. The third-order valence-corrected chi connectivity index (χ3v) is 4.47. The number of H-pyrrole nitrogens is 1. The molecule has 31 heavy (non-hydrogen) atoms. The quantitative estimate of drug-likeness (QED) is 0.492. The van der Waals surface area contributed by atoms with Gasteiger partial charge in [-0.3, -0.25) is 9.89 Å². The lowest BCUT2D eigenvalue weighted by Crippen LogP contribution is -2.24. The number of aromatic nitrogens is 5. The van der Waals surface area contributed by atoms with Gasteiger partial charge in [-0.1, -0.05) is 18.2 Å². The van der Waals surface area contributed by atoms with Crippen molar-refractivity contribution < 1.29 is 18.0 Å². The van der Waals surface area contributed by atoms with Gasteiger partial charge >= 0.3 is 5.69 Å². The average Bonchev–Trinajstić information content (AvgIpc) is 3.38. The van der Waals surface area contributed by atoms with E-state index in [4.69, 9.17) is 0 Å². The molecule has 4 aromatic rings. The lowest BCUT2D eigenvalue weighted by molar-refractivity contribution is 0.0946. The number of hydrogen-bond donors (Lipinski definition) is 2. The van der Waals surface area contributed by atoms with E-state index in [9.17, 15) is 22.8 Å². The second kappa shape index (κ2) is 8.30. The fourth-order valence-electron chi connectivity index (χ4n) is 2.84. The molecule has 4 rings (SSSR count). The Kier molecular flexibility index (Phi) is 5.39. The van der Waals surface area contributed by atoms with Crippen molar-refractivity contribution in [1.82, 2.24) is 29.9 Å². The Bertz CT molecular complexity index is 1290. The third-order valence-electron chi connectivity index (χ3n) is 4.47. The number of halogens is 3. The number of rotatable bonds is 6. The number of amides is 1. The number of aromatic amines is 1. The zero-order valence-corrected chi connectivity index (χ0v) is 15.8. The van der Waals surface area contributed by atoms with Crippen LogP contribution < -0.4 is 11.0 Å². The van der Waals surface area contributed by atoms with Crippen LogP contribution in [0, 0.1) is 17.5 Å². The molecule has 0 aliphatic rings. The predicted octanol–water partition coefficient (Wildman–Crippen LogP) is 2.15. The van der Waals surface area contributed by atoms with Gasteiger partial charge in [0, 0.05) is 12.6 Å². The highest BCUT2D eigenvalue weighted by Crippen LogP contribution is 2.09. The maximum absolute atomic E-state index is 13.3. The Balaban J connectivity index is 1.45. The molecule has 0 aliphatic carbocycles.